The van der Waals surface area contributed by atoms with Crippen LogP contribution in [0.4, 0.5) is 9.52 Å². The molecular weight excluding hydrogens is 347 g/mol. The summed E-state index contributed by atoms with van der Waals surface area (Å²) in [6.45, 7) is 5.75. The van der Waals surface area contributed by atoms with Gasteiger partial charge in [0.15, 0.2) is 5.13 Å². The molecule has 2 aromatic rings. The molecule has 0 radical (unpaired) electrons. The number of ether oxygens (including phenoxy) is 1. The van der Waals surface area contributed by atoms with Crippen LogP contribution in [0.25, 0.3) is 11.3 Å². The number of rotatable bonds is 3. The minimum Gasteiger partial charge on any atom is -0.371 e. The molecule has 2 bridgehead atoms. The van der Waals surface area contributed by atoms with Gasteiger partial charge >= 0.3 is 0 Å². The molecule has 0 aliphatic carbocycles. The number of hydrogen-bond donors (Lipinski definition) is 0. The van der Waals surface area contributed by atoms with Gasteiger partial charge in [-0.05, 0) is 24.8 Å². The second-order valence-electron chi connectivity index (χ2n) is 6.86. The van der Waals surface area contributed by atoms with Crippen molar-refractivity contribution in [3.05, 3.63) is 33.9 Å². The van der Waals surface area contributed by atoms with Gasteiger partial charge in [-0.15, -0.1) is 11.3 Å². The Morgan fingerprint density at radius 1 is 1.29 bits per heavy atom. The van der Waals surface area contributed by atoms with Gasteiger partial charge in [-0.1, -0.05) is 31.5 Å². The zero-order valence-corrected chi connectivity index (χ0v) is 15.3. The van der Waals surface area contributed by atoms with Crippen molar-refractivity contribution in [2.45, 2.75) is 44.8 Å². The van der Waals surface area contributed by atoms with Gasteiger partial charge in [-0.3, -0.25) is 0 Å². The lowest BCUT2D eigenvalue weighted by molar-refractivity contribution is 0.0305. The molecule has 6 heteroatoms. The third-order valence-corrected chi connectivity index (χ3v) is 5.99. The van der Waals surface area contributed by atoms with E-state index in [0.717, 1.165) is 42.3 Å². The fourth-order valence-corrected chi connectivity index (χ4v) is 4.67. The zero-order chi connectivity index (χ0) is 16.8. The average molecular weight is 367 g/mol. The van der Waals surface area contributed by atoms with E-state index in [9.17, 15) is 4.39 Å². The predicted molar refractivity (Wildman–Crippen MR) is 96.7 cm³/mol. The van der Waals surface area contributed by atoms with Crippen LogP contribution in [0.2, 0.25) is 5.02 Å². The maximum absolute atomic E-state index is 14.5. The van der Waals surface area contributed by atoms with Gasteiger partial charge in [0.05, 0.1) is 22.9 Å². The smallest absolute Gasteiger partial charge is 0.186 e. The normalized spacial score (nSPS) is 23.3. The third-order valence-electron chi connectivity index (χ3n) is 4.79. The summed E-state index contributed by atoms with van der Waals surface area (Å²) in [5.74, 6) is -0.286. The molecule has 3 heterocycles. The fraction of sp³-hybridized carbons (Fsp3) is 0.500. The van der Waals surface area contributed by atoms with Crippen LogP contribution in [0.5, 0.6) is 0 Å². The first-order valence-corrected chi connectivity index (χ1v) is 9.63. The van der Waals surface area contributed by atoms with Crippen LogP contribution in [0.1, 0.15) is 38.2 Å². The number of anilines is 1. The lowest BCUT2D eigenvalue weighted by Crippen LogP contribution is -2.42. The van der Waals surface area contributed by atoms with Gasteiger partial charge in [-0.2, -0.15) is 0 Å². The molecule has 128 valence electrons. The molecule has 0 unspecified atom stereocenters. The molecule has 4 rings (SSSR count). The summed E-state index contributed by atoms with van der Waals surface area (Å²) in [5, 5.41) is 3.18. The molecule has 1 aromatic heterocycles. The van der Waals surface area contributed by atoms with E-state index in [4.69, 9.17) is 21.3 Å². The van der Waals surface area contributed by atoms with Gasteiger partial charge in [0, 0.05) is 29.6 Å². The van der Waals surface area contributed by atoms with Crippen LogP contribution in [0.15, 0.2) is 17.5 Å². The summed E-state index contributed by atoms with van der Waals surface area (Å²) in [4.78, 5) is 7.10. The molecule has 2 saturated heterocycles. The van der Waals surface area contributed by atoms with Gasteiger partial charge in [0.25, 0.3) is 0 Å². The molecule has 0 spiro atoms. The van der Waals surface area contributed by atoms with Crippen molar-refractivity contribution in [2.75, 3.05) is 18.0 Å². The highest BCUT2D eigenvalue weighted by Gasteiger charge is 2.34. The van der Waals surface area contributed by atoms with Crippen LogP contribution in [0.3, 0.4) is 0 Å². The highest BCUT2D eigenvalue weighted by atomic mass is 35.5. The molecule has 0 saturated carbocycles. The Bertz CT molecular complexity index is 751. The number of fused-ring (bicyclic) bond motifs is 2. The van der Waals surface area contributed by atoms with Gasteiger partial charge in [-0.25, -0.2) is 9.37 Å². The van der Waals surface area contributed by atoms with Crippen LogP contribution in [-0.4, -0.2) is 30.3 Å². The molecule has 0 N–H and O–H groups in total. The quantitative estimate of drug-likeness (QED) is 0.756. The molecule has 0 amide bonds. The minimum atomic E-state index is -0.330. The first kappa shape index (κ1) is 16.3. The van der Waals surface area contributed by atoms with E-state index in [1.54, 1.807) is 17.4 Å². The highest BCUT2D eigenvalue weighted by Crippen LogP contribution is 2.38. The summed E-state index contributed by atoms with van der Waals surface area (Å²) >= 11 is 7.59. The minimum absolute atomic E-state index is 0.0445. The number of hydrogen-bond acceptors (Lipinski definition) is 4. The van der Waals surface area contributed by atoms with Gasteiger partial charge in [0.2, 0.25) is 0 Å². The van der Waals surface area contributed by atoms with Crippen molar-refractivity contribution in [3.63, 3.8) is 0 Å². The molecule has 2 atom stereocenters. The van der Waals surface area contributed by atoms with Gasteiger partial charge < -0.3 is 9.64 Å². The first-order valence-electron chi connectivity index (χ1n) is 8.37. The Balaban J connectivity index is 1.67. The highest BCUT2D eigenvalue weighted by molar-refractivity contribution is 7.14. The maximum atomic E-state index is 14.5. The van der Waals surface area contributed by atoms with Crippen molar-refractivity contribution in [1.82, 2.24) is 4.98 Å². The molecule has 2 aliphatic rings. The van der Waals surface area contributed by atoms with E-state index >= 15 is 0 Å². The number of halogens is 2. The summed E-state index contributed by atoms with van der Waals surface area (Å²) in [7, 11) is 0. The number of nitrogens with zero attached hydrogens (tertiary/aromatic N) is 2. The van der Waals surface area contributed by atoms with Crippen molar-refractivity contribution in [3.8, 4) is 11.3 Å². The number of thiazole rings is 1. The predicted octanol–water partition coefficient (Wildman–Crippen LogP) is 5.09. The standard InChI is InChI=1S/C18H20ClFN2OS/c1-10(2)16-13(5-6-14(19)17(16)20)15-9-24-18(21-15)22-7-11-3-4-12(8-22)23-11/h5-6,9-12H,3-4,7-8H2,1-2H3/t11-,12+. The van der Waals surface area contributed by atoms with Crippen LogP contribution in [-0.2, 0) is 4.74 Å². The Morgan fingerprint density at radius 3 is 2.67 bits per heavy atom. The van der Waals surface area contributed by atoms with E-state index in [-0.39, 0.29) is 16.8 Å². The van der Waals surface area contributed by atoms with Crippen molar-refractivity contribution in [1.29, 1.82) is 0 Å². The summed E-state index contributed by atoms with van der Waals surface area (Å²) in [5.41, 5.74) is 2.31. The van der Waals surface area contributed by atoms with E-state index in [2.05, 4.69) is 4.90 Å². The van der Waals surface area contributed by atoms with Crippen LogP contribution < -0.4 is 4.90 Å². The molecule has 24 heavy (non-hydrogen) atoms. The van der Waals surface area contributed by atoms with Gasteiger partial charge in [0.1, 0.15) is 5.82 Å². The third kappa shape index (κ3) is 2.83. The Hall–Kier alpha value is -1.17. The molecular formula is C18H20ClFN2OS. The molecule has 2 fully saturated rings. The van der Waals surface area contributed by atoms with E-state index in [1.807, 2.05) is 25.3 Å². The number of aromatic nitrogens is 1. The van der Waals surface area contributed by atoms with Crippen molar-refractivity contribution in [2.24, 2.45) is 0 Å². The molecule has 1 aromatic carbocycles. The fourth-order valence-electron chi connectivity index (χ4n) is 3.66. The van der Waals surface area contributed by atoms with E-state index in [1.165, 1.54) is 0 Å². The number of benzene rings is 1. The second kappa shape index (κ2) is 6.28. The Kier molecular flexibility index (Phi) is 4.27. The largest absolute Gasteiger partial charge is 0.371 e. The number of morpholine rings is 1. The lowest BCUT2D eigenvalue weighted by atomic mass is 9.95. The summed E-state index contributed by atoms with van der Waals surface area (Å²) < 4.78 is 20.4. The van der Waals surface area contributed by atoms with Crippen molar-refractivity contribution >= 4 is 28.1 Å². The SMILES string of the molecule is CC(C)c1c(-c2csc(N3C[C@H]4CC[C@@H](C3)O4)n2)ccc(Cl)c1F. The van der Waals surface area contributed by atoms with E-state index < -0.39 is 0 Å². The second-order valence-corrected chi connectivity index (χ2v) is 8.10. The van der Waals surface area contributed by atoms with Crippen molar-refractivity contribution < 1.29 is 9.13 Å². The summed E-state index contributed by atoms with van der Waals surface area (Å²) in [6, 6.07) is 3.49. The van der Waals surface area contributed by atoms with Crippen LogP contribution >= 0.6 is 22.9 Å². The van der Waals surface area contributed by atoms with E-state index in [0.29, 0.717) is 17.8 Å². The van der Waals surface area contributed by atoms with Crippen LogP contribution in [0, 0.1) is 5.82 Å². The maximum Gasteiger partial charge on any atom is 0.186 e. The summed E-state index contributed by atoms with van der Waals surface area (Å²) in [6.07, 6.45) is 2.93. The molecule has 2 aliphatic heterocycles. The lowest BCUT2D eigenvalue weighted by Gasteiger charge is -2.31. The molecule has 3 nitrogen and oxygen atoms in total. The zero-order valence-electron chi connectivity index (χ0n) is 13.8. The first-order chi connectivity index (χ1) is 11.5. The average Bonchev–Trinajstić information content (AvgIpc) is 3.16. The Labute approximate surface area is 150 Å². The monoisotopic (exact) mass is 366 g/mol. The topological polar surface area (TPSA) is 25.4 Å². The Morgan fingerprint density at radius 2 is 2.00 bits per heavy atom.